The van der Waals surface area contributed by atoms with Gasteiger partial charge in [0.25, 0.3) is 11.7 Å². The number of hydrogen-bond donors (Lipinski definition) is 1. The highest BCUT2D eigenvalue weighted by atomic mass is 16.5. The van der Waals surface area contributed by atoms with Crippen LogP contribution in [0.5, 0.6) is 0 Å². The van der Waals surface area contributed by atoms with Crippen LogP contribution in [0.1, 0.15) is 39.4 Å². The lowest BCUT2D eigenvalue weighted by Gasteiger charge is -2.26. The number of rotatable bonds is 5. The van der Waals surface area contributed by atoms with E-state index in [4.69, 9.17) is 4.74 Å². The number of methoxy groups -OCH3 is 1. The average molecular weight is 470 g/mol. The summed E-state index contributed by atoms with van der Waals surface area (Å²) in [4.78, 5) is 39.6. The molecule has 1 fully saturated rings. The number of hydrogen-bond acceptors (Lipinski definition) is 5. The number of Topliss-reactive ketones (excluding diaryl/α,β-unsaturated/α-hetero) is 1. The van der Waals surface area contributed by atoms with Crippen LogP contribution in [0.2, 0.25) is 0 Å². The molecule has 1 heterocycles. The number of amides is 1. The van der Waals surface area contributed by atoms with Gasteiger partial charge < -0.3 is 9.84 Å². The van der Waals surface area contributed by atoms with Crippen LogP contribution in [0.15, 0.2) is 72.3 Å². The largest absolute Gasteiger partial charge is 0.507 e. The predicted molar refractivity (Wildman–Crippen MR) is 134 cm³/mol. The lowest BCUT2D eigenvalue weighted by atomic mass is 9.93. The Kier molecular flexibility index (Phi) is 6.56. The van der Waals surface area contributed by atoms with Crippen molar-refractivity contribution in [3.8, 4) is 0 Å². The van der Waals surface area contributed by atoms with Gasteiger partial charge in [-0.15, -0.1) is 0 Å². The molecule has 0 radical (unpaired) electrons. The van der Waals surface area contributed by atoms with Gasteiger partial charge in [0.15, 0.2) is 0 Å². The van der Waals surface area contributed by atoms with E-state index in [0.717, 1.165) is 22.3 Å². The van der Waals surface area contributed by atoms with Gasteiger partial charge in [-0.3, -0.25) is 19.3 Å². The van der Waals surface area contributed by atoms with Gasteiger partial charge in [-0.05, 0) is 61.2 Å². The molecule has 6 heteroatoms. The van der Waals surface area contributed by atoms with Crippen LogP contribution in [-0.4, -0.2) is 29.9 Å². The zero-order valence-electron chi connectivity index (χ0n) is 20.2. The van der Waals surface area contributed by atoms with Gasteiger partial charge in [0, 0.05) is 11.3 Å². The fraction of sp³-hybridized carbons (Fsp3) is 0.207. The van der Waals surface area contributed by atoms with Gasteiger partial charge in [0.2, 0.25) is 0 Å². The number of carbonyl (C=O) groups excluding carboxylic acids is 3. The predicted octanol–water partition coefficient (Wildman–Crippen LogP) is 4.95. The van der Waals surface area contributed by atoms with Crippen molar-refractivity contribution in [1.29, 1.82) is 0 Å². The number of aryl methyl sites for hydroxylation is 3. The third kappa shape index (κ3) is 4.60. The van der Waals surface area contributed by atoms with Crippen molar-refractivity contribution in [1.82, 2.24) is 0 Å². The van der Waals surface area contributed by atoms with Crippen LogP contribution in [0, 0.1) is 20.8 Å². The molecule has 1 unspecified atom stereocenters. The molecule has 3 aromatic carbocycles. The normalized spacial score (nSPS) is 17.0. The van der Waals surface area contributed by atoms with Gasteiger partial charge in [0.05, 0.1) is 25.1 Å². The Morgan fingerprint density at radius 1 is 0.943 bits per heavy atom. The monoisotopic (exact) mass is 469 g/mol. The molecule has 1 saturated heterocycles. The third-order valence-electron chi connectivity index (χ3n) is 6.37. The molecule has 1 aliphatic rings. The Morgan fingerprint density at radius 2 is 1.66 bits per heavy atom. The van der Waals surface area contributed by atoms with Crippen LogP contribution in [0.4, 0.5) is 5.69 Å². The molecule has 0 aromatic heterocycles. The molecule has 178 valence electrons. The van der Waals surface area contributed by atoms with Crippen molar-refractivity contribution >= 4 is 29.1 Å². The minimum Gasteiger partial charge on any atom is -0.507 e. The van der Waals surface area contributed by atoms with Crippen LogP contribution in [0.25, 0.3) is 5.76 Å². The molecule has 1 atom stereocenters. The highest BCUT2D eigenvalue weighted by Crippen LogP contribution is 2.42. The van der Waals surface area contributed by atoms with E-state index < -0.39 is 17.7 Å². The van der Waals surface area contributed by atoms with E-state index in [2.05, 4.69) is 0 Å². The van der Waals surface area contributed by atoms with E-state index in [1.54, 1.807) is 30.3 Å². The standard InChI is InChI=1S/C29H27NO5/c1-17-6-5-7-21(14-17)26-25(27(32)22-11-8-18(2)19(3)15-22)28(33)29(34)30(26)23-12-9-20(10-13-23)16-24(31)35-4/h5-15,26,32H,16H2,1-4H3/b27-25-. The topological polar surface area (TPSA) is 83.9 Å². The molecule has 1 N–H and O–H groups in total. The first kappa shape index (κ1) is 24.0. The summed E-state index contributed by atoms with van der Waals surface area (Å²) in [6.45, 7) is 5.83. The molecular weight excluding hydrogens is 442 g/mol. The molecule has 0 saturated carbocycles. The maximum absolute atomic E-state index is 13.3. The first-order chi connectivity index (χ1) is 16.7. The third-order valence-corrected chi connectivity index (χ3v) is 6.37. The Labute approximate surface area is 204 Å². The van der Waals surface area contributed by atoms with Crippen molar-refractivity contribution in [2.24, 2.45) is 0 Å². The van der Waals surface area contributed by atoms with Crippen LogP contribution < -0.4 is 4.90 Å². The number of ketones is 1. The van der Waals surface area contributed by atoms with E-state index in [0.29, 0.717) is 16.8 Å². The summed E-state index contributed by atoms with van der Waals surface area (Å²) in [6.07, 6.45) is 0.101. The van der Waals surface area contributed by atoms with Crippen molar-refractivity contribution in [3.63, 3.8) is 0 Å². The number of aliphatic hydroxyl groups is 1. The van der Waals surface area contributed by atoms with E-state index in [9.17, 15) is 19.5 Å². The Bertz CT molecular complexity index is 1350. The summed E-state index contributed by atoms with van der Waals surface area (Å²) in [6, 6.07) is 19.0. The van der Waals surface area contributed by atoms with Gasteiger partial charge >= 0.3 is 5.97 Å². The van der Waals surface area contributed by atoms with Gasteiger partial charge in [-0.1, -0.05) is 54.1 Å². The van der Waals surface area contributed by atoms with E-state index in [1.807, 2.05) is 57.2 Å². The minimum atomic E-state index is -0.803. The summed E-state index contributed by atoms with van der Waals surface area (Å²) in [5.74, 6) is -2.04. The fourth-order valence-electron chi connectivity index (χ4n) is 4.31. The molecule has 1 aliphatic heterocycles. The highest BCUT2D eigenvalue weighted by Gasteiger charge is 2.47. The van der Waals surface area contributed by atoms with Crippen LogP contribution >= 0.6 is 0 Å². The molecule has 6 nitrogen and oxygen atoms in total. The molecule has 1 amide bonds. The highest BCUT2D eigenvalue weighted by molar-refractivity contribution is 6.51. The number of benzene rings is 3. The quantitative estimate of drug-likeness (QED) is 0.247. The molecule has 0 spiro atoms. The number of nitrogens with zero attached hydrogens (tertiary/aromatic N) is 1. The second-order valence-corrected chi connectivity index (χ2v) is 8.80. The number of anilines is 1. The Hall–Kier alpha value is -4.19. The molecular formula is C29H27NO5. The Balaban J connectivity index is 1.86. The second-order valence-electron chi connectivity index (χ2n) is 8.80. The van der Waals surface area contributed by atoms with Gasteiger partial charge in [0.1, 0.15) is 5.76 Å². The summed E-state index contributed by atoms with van der Waals surface area (Å²) < 4.78 is 4.72. The smallest absolute Gasteiger partial charge is 0.309 e. The zero-order valence-corrected chi connectivity index (χ0v) is 20.2. The van der Waals surface area contributed by atoms with E-state index in [-0.39, 0.29) is 23.7 Å². The number of aliphatic hydroxyl groups excluding tert-OH is 1. The van der Waals surface area contributed by atoms with Crippen molar-refractivity contribution < 1.29 is 24.2 Å². The number of ether oxygens (including phenoxy) is 1. The minimum absolute atomic E-state index is 0.0440. The summed E-state index contributed by atoms with van der Waals surface area (Å²) in [5, 5.41) is 11.3. The maximum atomic E-state index is 13.3. The average Bonchev–Trinajstić information content (AvgIpc) is 3.11. The number of esters is 1. The van der Waals surface area contributed by atoms with E-state index >= 15 is 0 Å². The van der Waals surface area contributed by atoms with Crippen LogP contribution in [-0.2, 0) is 25.5 Å². The SMILES string of the molecule is COC(=O)Cc1ccc(N2C(=O)C(=O)/C(=C(\O)c3ccc(C)c(C)c3)C2c2cccc(C)c2)cc1. The zero-order chi connectivity index (χ0) is 25.3. The molecule has 4 rings (SSSR count). The summed E-state index contributed by atoms with van der Waals surface area (Å²) in [5.41, 5.74) is 5.45. The maximum Gasteiger partial charge on any atom is 0.309 e. The second kappa shape index (κ2) is 9.58. The Morgan fingerprint density at radius 3 is 2.29 bits per heavy atom. The lowest BCUT2D eigenvalue weighted by molar-refractivity contribution is -0.139. The number of carbonyl (C=O) groups is 3. The molecule has 0 aliphatic carbocycles. The van der Waals surface area contributed by atoms with Crippen molar-refractivity contribution in [2.75, 3.05) is 12.0 Å². The van der Waals surface area contributed by atoms with Crippen LogP contribution in [0.3, 0.4) is 0 Å². The van der Waals surface area contributed by atoms with Gasteiger partial charge in [-0.2, -0.15) is 0 Å². The molecule has 35 heavy (non-hydrogen) atoms. The van der Waals surface area contributed by atoms with Crippen molar-refractivity contribution in [2.45, 2.75) is 33.2 Å². The van der Waals surface area contributed by atoms with E-state index in [1.165, 1.54) is 12.0 Å². The lowest BCUT2D eigenvalue weighted by Crippen LogP contribution is -2.29. The first-order valence-electron chi connectivity index (χ1n) is 11.3. The fourth-order valence-corrected chi connectivity index (χ4v) is 4.31. The molecule has 3 aromatic rings. The summed E-state index contributed by atoms with van der Waals surface area (Å²) in [7, 11) is 1.33. The summed E-state index contributed by atoms with van der Waals surface area (Å²) >= 11 is 0. The first-order valence-corrected chi connectivity index (χ1v) is 11.3. The van der Waals surface area contributed by atoms with Gasteiger partial charge in [-0.25, -0.2) is 0 Å². The van der Waals surface area contributed by atoms with Crippen molar-refractivity contribution in [3.05, 3.63) is 106 Å². The molecule has 0 bridgehead atoms.